The minimum atomic E-state index is 0.745. The molecular weight excluding hydrogens is 244 g/mol. The molecule has 1 atom stereocenters. The fourth-order valence-electron chi connectivity index (χ4n) is 2.80. The first-order valence-electron chi connectivity index (χ1n) is 6.53. The fraction of sp³-hybridized carbons (Fsp3) is 0.400. The van der Waals surface area contributed by atoms with Crippen molar-refractivity contribution in [3.8, 4) is 0 Å². The van der Waals surface area contributed by atoms with Gasteiger partial charge in [0.05, 0.1) is 5.52 Å². The van der Waals surface area contributed by atoms with Gasteiger partial charge in [0, 0.05) is 36.2 Å². The van der Waals surface area contributed by atoms with E-state index >= 15 is 0 Å². The van der Waals surface area contributed by atoms with Crippen LogP contribution in [0, 0.1) is 5.92 Å². The number of anilines is 1. The predicted octanol–water partition coefficient (Wildman–Crippen LogP) is 3.69. The summed E-state index contributed by atoms with van der Waals surface area (Å²) in [5.74, 6) is 1.52. The first-order valence-corrected chi connectivity index (χ1v) is 7.06. The number of nitrogens with zero attached hydrogens (tertiary/aromatic N) is 2. The average Bonchev–Trinajstić information content (AvgIpc) is 2.87. The van der Waals surface area contributed by atoms with Crippen molar-refractivity contribution < 1.29 is 0 Å². The van der Waals surface area contributed by atoms with Crippen LogP contribution in [-0.4, -0.2) is 24.0 Å². The molecule has 1 aliphatic heterocycles. The molecule has 0 radical (unpaired) electrons. The molecule has 94 valence electrons. The summed E-state index contributed by atoms with van der Waals surface area (Å²) in [7, 11) is 0. The molecule has 0 aliphatic carbocycles. The zero-order valence-electron chi connectivity index (χ0n) is 10.3. The van der Waals surface area contributed by atoms with Gasteiger partial charge in [-0.1, -0.05) is 18.2 Å². The van der Waals surface area contributed by atoms with Crippen LogP contribution in [0.2, 0.25) is 0 Å². The van der Waals surface area contributed by atoms with E-state index in [0.717, 1.165) is 36.8 Å². The van der Waals surface area contributed by atoms with Gasteiger partial charge in [0.15, 0.2) is 0 Å². The quantitative estimate of drug-likeness (QED) is 0.783. The Labute approximate surface area is 113 Å². The van der Waals surface area contributed by atoms with Crippen LogP contribution in [0.3, 0.4) is 0 Å². The van der Waals surface area contributed by atoms with Crippen LogP contribution in [0.25, 0.3) is 10.9 Å². The number of halogens is 1. The molecule has 0 bridgehead atoms. The number of hydrogen-bond donors (Lipinski definition) is 0. The predicted molar refractivity (Wildman–Crippen MR) is 77.4 cm³/mol. The lowest BCUT2D eigenvalue weighted by molar-refractivity contribution is 0.572. The van der Waals surface area contributed by atoms with Crippen LogP contribution in [0.4, 0.5) is 5.69 Å². The first-order chi connectivity index (χ1) is 8.88. The summed E-state index contributed by atoms with van der Waals surface area (Å²) in [6.45, 7) is 2.26. The monoisotopic (exact) mass is 260 g/mol. The van der Waals surface area contributed by atoms with Crippen LogP contribution in [0.5, 0.6) is 0 Å². The third-order valence-electron chi connectivity index (χ3n) is 3.77. The van der Waals surface area contributed by atoms with Crippen molar-refractivity contribution in [3.05, 3.63) is 36.5 Å². The second-order valence-corrected chi connectivity index (χ2v) is 5.30. The van der Waals surface area contributed by atoms with E-state index in [-0.39, 0.29) is 0 Å². The Hall–Kier alpha value is -1.28. The second kappa shape index (κ2) is 5.15. The number of benzene rings is 1. The maximum atomic E-state index is 5.84. The maximum absolute atomic E-state index is 5.84. The first kappa shape index (κ1) is 11.8. The number of hydrogen-bond acceptors (Lipinski definition) is 2. The van der Waals surface area contributed by atoms with Crippen molar-refractivity contribution in [2.75, 3.05) is 23.9 Å². The Bertz CT molecular complexity index is 536. The summed E-state index contributed by atoms with van der Waals surface area (Å²) < 4.78 is 0. The van der Waals surface area contributed by atoms with Gasteiger partial charge in [-0.05, 0) is 30.9 Å². The topological polar surface area (TPSA) is 16.1 Å². The van der Waals surface area contributed by atoms with Crippen LogP contribution in [0.15, 0.2) is 36.5 Å². The number of para-hydroxylation sites is 1. The van der Waals surface area contributed by atoms with Gasteiger partial charge < -0.3 is 4.90 Å². The lowest BCUT2D eigenvalue weighted by Gasteiger charge is -2.20. The highest BCUT2D eigenvalue weighted by atomic mass is 35.5. The number of rotatable bonds is 3. The Morgan fingerprint density at radius 2 is 2.17 bits per heavy atom. The smallest absolute Gasteiger partial charge is 0.0722 e. The third kappa shape index (κ3) is 2.17. The highest BCUT2D eigenvalue weighted by Crippen LogP contribution is 2.30. The normalized spacial score (nSPS) is 19.6. The molecule has 3 rings (SSSR count). The van der Waals surface area contributed by atoms with Crippen molar-refractivity contribution in [2.45, 2.75) is 12.8 Å². The fourth-order valence-corrected chi connectivity index (χ4v) is 3.11. The van der Waals surface area contributed by atoms with Crippen LogP contribution < -0.4 is 4.90 Å². The molecule has 1 aromatic heterocycles. The molecule has 2 heterocycles. The van der Waals surface area contributed by atoms with Crippen molar-refractivity contribution in [2.24, 2.45) is 5.92 Å². The van der Waals surface area contributed by atoms with Gasteiger partial charge in [0.25, 0.3) is 0 Å². The Balaban J connectivity index is 1.91. The van der Waals surface area contributed by atoms with Crippen LogP contribution in [0.1, 0.15) is 12.8 Å². The largest absolute Gasteiger partial charge is 0.371 e. The van der Waals surface area contributed by atoms with E-state index in [9.17, 15) is 0 Å². The average molecular weight is 261 g/mol. The highest BCUT2D eigenvalue weighted by Gasteiger charge is 2.23. The molecular formula is C15H17ClN2. The summed E-state index contributed by atoms with van der Waals surface area (Å²) in [6, 6.07) is 10.5. The molecule has 1 saturated heterocycles. The SMILES string of the molecule is ClCCC1CCN(c2ccnc3ccccc23)C1. The molecule has 1 aliphatic rings. The molecule has 0 N–H and O–H groups in total. The van der Waals surface area contributed by atoms with Crippen molar-refractivity contribution in [3.63, 3.8) is 0 Å². The minimum Gasteiger partial charge on any atom is -0.371 e. The summed E-state index contributed by atoms with van der Waals surface area (Å²) in [5, 5.41) is 1.26. The molecule has 0 spiro atoms. The summed E-state index contributed by atoms with van der Waals surface area (Å²) in [6.07, 6.45) is 4.29. The van der Waals surface area contributed by atoms with Gasteiger partial charge in [-0.15, -0.1) is 11.6 Å². The van der Waals surface area contributed by atoms with E-state index in [1.54, 1.807) is 0 Å². The van der Waals surface area contributed by atoms with Crippen molar-refractivity contribution in [1.82, 2.24) is 4.98 Å². The van der Waals surface area contributed by atoms with E-state index in [2.05, 4.69) is 34.1 Å². The van der Waals surface area contributed by atoms with Crippen LogP contribution in [-0.2, 0) is 0 Å². The lowest BCUT2D eigenvalue weighted by atomic mass is 10.1. The summed E-state index contributed by atoms with van der Waals surface area (Å²) in [5.41, 5.74) is 2.40. The Morgan fingerprint density at radius 3 is 3.06 bits per heavy atom. The molecule has 1 fully saturated rings. The Morgan fingerprint density at radius 1 is 1.28 bits per heavy atom. The maximum Gasteiger partial charge on any atom is 0.0722 e. The van der Waals surface area contributed by atoms with Gasteiger partial charge in [-0.3, -0.25) is 4.98 Å². The van der Waals surface area contributed by atoms with Gasteiger partial charge in [-0.2, -0.15) is 0 Å². The summed E-state index contributed by atoms with van der Waals surface area (Å²) in [4.78, 5) is 6.89. The third-order valence-corrected chi connectivity index (χ3v) is 3.99. The summed E-state index contributed by atoms with van der Waals surface area (Å²) >= 11 is 5.84. The molecule has 18 heavy (non-hydrogen) atoms. The lowest BCUT2D eigenvalue weighted by Crippen LogP contribution is -2.20. The molecule has 0 amide bonds. The van der Waals surface area contributed by atoms with Gasteiger partial charge >= 0.3 is 0 Å². The zero-order chi connectivity index (χ0) is 12.4. The van der Waals surface area contributed by atoms with E-state index in [1.807, 2.05) is 12.3 Å². The van der Waals surface area contributed by atoms with E-state index in [4.69, 9.17) is 11.6 Å². The molecule has 1 unspecified atom stereocenters. The Kier molecular flexibility index (Phi) is 3.37. The molecule has 3 heteroatoms. The van der Waals surface area contributed by atoms with E-state index < -0.39 is 0 Å². The molecule has 0 saturated carbocycles. The number of fused-ring (bicyclic) bond motifs is 1. The van der Waals surface area contributed by atoms with Gasteiger partial charge in [-0.25, -0.2) is 0 Å². The number of aromatic nitrogens is 1. The number of pyridine rings is 1. The van der Waals surface area contributed by atoms with Crippen molar-refractivity contribution in [1.29, 1.82) is 0 Å². The van der Waals surface area contributed by atoms with Crippen LogP contribution >= 0.6 is 11.6 Å². The molecule has 1 aromatic carbocycles. The standard InChI is InChI=1S/C15H17ClN2/c16-8-5-12-7-10-18(11-12)15-6-9-17-14-4-2-1-3-13(14)15/h1-4,6,9,12H,5,7-8,10-11H2. The van der Waals surface area contributed by atoms with Crippen molar-refractivity contribution >= 4 is 28.2 Å². The molecule has 2 aromatic rings. The van der Waals surface area contributed by atoms with Gasteiger partial charge in [0.1, 0.15) is 0 Å². The number of alkyl halides is 1. The zero-order valence-corrected chi connectivity index (χ0v) is 11.1. The minimum absolute atomic E-state index is 0.745. The van der Waals surface area contributed by atoms with E-state index in [0.29, 0.717) is 0 Å². The van der Waals surface area contributed by atoms with E-state index in [1.165, 1.54) is 17.5 Å². The second-order valence-electron chi connectivity index (χ2n) is 4.93. The highest BCUT2D eigenvalue weighted by molar-refractivity contribution is 6.17. The van der Waals surface area contributed by atoms with Gasteiger partial charge in [0.2, 0.25) is 0 Å². The molecule has 2 nitrogen and oxygen atoms in total.